The van der Waals surface area contributed by atoms with Crippen LogP contribution in [0.4, 0.5) is 5.13 Å². The number of nitrogens with one attached hydrogen (secondary N) is 1. The molecule has 0 radical (unpaired) electrons. The number of nitrogens with zero attached hydrogens (tertiary/aromatic N) is 4. The molecule has 0 saturated carbocycles. The van der Waals surface area contributed by atoms with Gasteiger partial charge in [-0.25, -0.2) is 0 Å². The lowest BCUT2D eigenvalue weighted by Gasteiger charge is -2.25. The second-order valence-electron chi connectivity index (χ2n) is 6.51. The lowest BCUT2D eigenvalue weighted by atomic mass is 10.1. The van der Waals surface area contributed by atoms with Gasteiger partial charge in [0.15, 0.2) is 0 Å². The molecule has 1 fully saturated rings. The van der Waals surface area contributed by atoms with Gasteiger partial charge >= 0.3 is 0 Å². The highest BCUT2D eigenvalue weighted by atomic mass is 32.1. The number of amides is 1. The van der Waals surface area contributed by atoms with Crippen molar-refractivity contribution in [3.8, 4) is 0 Å². The van der Waals surface area contributed by atoms with Crippen LogP contribution in [0, 0.1) is 0 Å². The second-order valence-corrected chi connectivity index (χ2v) is 7.45. The van der Waals surface area contributed by atoms with Crippen LogP contribution >= 0.6 is 11.3 Å². The summed E-state index contributed by atoms with van der Waals surface area (Å²) in [4.78, 5) is 31.2. The quantitative estimate of drug-likeness (QED) is 0.699. The van der Waals surface area contributed by atoms with Gasteiger partial charge in [0.25, 0.3) is 11.5 Å². The van der Waals surface area contributed by atoms with Gasteiger partial charge in [0.05, 0.1) is 13.2 Å². The van der Waals surface area contributed by atoms with Crippen LogP contribution in [0.25, 0.3) is 4.96 Å². The average Bonchev–Trinajstić information content (AvgIpc) is 3.16. The van der Waals surface area contributed by atoms with E-state index in [1.165, 1.54) is 27.5 Å². The van der Waals surface area contributed by atoms with Crippen molar-refractivity contribution in [2.24, 2.45) is 0 Å². The van der Waals surface area contributed by atoms with E-state index in [0.29, 0.717) is 24.7 Å². The summed E-state index contributed by atoms with van der Waals surface area (Å²) >= 11 is 1.30. The van der Waals surface area contributed by atoms with E-state index >= 15 is 0 Å². The van der Waals surface area contributed by atoms with Crippen molar-refractivity contribution >= 4 is 27.3 Å². The Hall–Kier alpha value is -2.78. The number of aromatic nitrogens is 3. The molecule has 0 bridgehead atoms. The normalized spacial score (nSPS) is 14.4. The Bertz CT molecular complexity index is 1040. The molecule has 1 aliphatic heterocycles. The molecule has 1 aromatic carbocycles. The van der Waals surface area contributed by atoms with E-state index in [9.17, 15) is 9.59 Å². The molecule has 4 rings (SSSR count). The van der Waals surface area contributed by atoms with Crippen LogP contribution in [0.1, 0.15) is 28.5 Å². The first-order chi connectivity index (χ1) is 13.6. The number of benzene rings is 1. The lowest BCUT2D eigenvalue weighted by Crippen LogP contribution is -2.36. The molecule has 28 heavy (non-hydrogen) atoms. The first kappa shape index (κ1) is 18.6. The van der Waals surface area contributed by atoms with E-state index in [2.05, 4.69) is 27.2 Å². The van der Waals surface area contributed by atoms with Crippen LogP contribution in [-0.2, 0) is 17.7 Å². The average molecular weight is 399 g/mol. The van der Waals surface area contributed by atoms with Crippen molar-refractivity contribution in [2.75, 3.05) is 31.2 Å². The summed E-state index contributed by atoms with van der Waals surface area (Å²) in [5.41, 5.74) is 1.98. The number of hydrogen-bond acceptors (Lipinski definition) is 7. The van der Waals surface area contributed by atoms with Crippen molar-refractivity contribution in [3.05, 3.63) is 57.5 Å². The molecule has 2 aromatic heterocycles. The number of hydrogen-bond donors (Lipinski definition) is 1. The van der Waals surface area contributed by atoms with Crippen LogP contribution in [0.5, 0.6) is 0 Å². The van der Waals surface area contributed by atoms with Gasteiger partial charge in [-0.15, -0.1) is 5.10 Å². The fraction of sp³-hybridized carbons (Fsp3) is 0.368. The van der Waals surface area contributed by atoms with Gasteiger partial charge in [-0.1, -0.05) is 42.5 Å². The fourth-order valence-electron chi connectivity index (χ4n) is 3.02. The third-order valence-electron chi connectivity index (χ3n) is 4.64. The predicted molar refractivity (Wildman–Crippen MR) is 107 cm³/mol. The SMILES string of the molecule is CCc1ccc(CNC(=O)c2cc(=O)nc3sc(N4CCOCC4)nn23)cc1. The molecule has 1 amide bonds. The predicted octanol–water partition coefficient (Wildman–Crippen LogP) is 1.48. The van der Waals surface area contributed by atoms with Crippen molar-refractivity contribution in [1.29, 1.82) is 0 Å². The topological polar surface area (TPSA) is 88.8 Å². The minimum Gasteiger partial charge on any atom is -0.378 e. The molecule has 0 atom stereocenters. The molecule has 146 valence electrons. The molecular formula is C19H21N5O3S. The smallest absolute Gasteiger partial charge is 0.274 e. The van der Waals surface area contributed by atoms with Crippen molar-refractivity contribution in [1.82, 2.24) is 19.9 Å². The number of aryl methyl sites for hydroxylation is 1. The summed E-state index contributed by atoms with van der Waals surface area (Å²) in [6, 6.07) is 9.31. The Balaban J connectivity index is 1.56. The zero-order valence-corrected chi connectivity index (χ0v) is 16.4. The molecule has 1 aliphatic rings. The summed E-state index contributed by atoms with van der Waals surface area (Å²) in [6.07, 6.45) is 0.972. The first-order valence-electron chi connectivity index (χ1n) is 9.23. The molecule has 3 heterocycles. The van der Waals surface area contributed by atoms with Crippen molar-refractivity contribution < 1.29 is 9.53 Å². The zero-order valence-electron chi connectivity index (χ0n) is 15.6. The second kappa shape index (κ2) is 8.07. The molecule has 0 spiro atoms. The maximum Gasteiger partial charge on any atom is 0.274 e. The minimum atomic E-state index is -0.449. The molecule has 1 saturated heterocycles. The Labute approximate surface area is 165 Å². The summed E-state index contributed by atoms with van der Waals surface area (Å²) in [7, 11) is 0. The highest BCUT2D eigenvalue weighted by Crippen LogP contribution is 2.23. The summed E-state index contributed by atoms with van der Waals surface area (Å²) in [6.45, 7) is 5.18. The van der Waals surface area contributed by atoms with E-state index in [0.717, 1.165) is 30.2 Å². The summed E-state index contributed by atoms with van der Waals surface area (Å²) in [5, 5.41) is 8.11. The van der Waals surface area contributed by atoms with Crippen LogP contribution in [0.15, 0.2) is 35.1 Å². The van der Waals surface area contributed by atoms with Gasteiger partial charge in [-0.05, 0) is 17.5 Å². The van der Waals surface area contributed by atoms with Gasteiger partial charge in [0, 0.05) is 25.7 Å². The molecule has 0 unspecified atom stereocenters. The molecular weight excluding hydrogens is 378 g/mol. The van der Waals surface area contributed by atoms with Gasteiger partial charge < -0.3 is 15.0 Å². The fourth-order valence-corrected chi connectivity index (χ4v) is 3.97. The lowest BCUT2D eigenvalue weighted by molar-refractivity contribution is 0.0943. The number of morpholine rings is 1. The van der Waals surface area contributed by atoms with Gasteiger partial charge in [0.2, 0.25) is 10.1 Å². The number of rotatable bonds is 5. The Morgan fingerprint density at radius 3 is 2.64 bits per heavy atom. The largest absolute Gasteiger partial charge is 0.378 e. The van der Waals surface area contributed by atoms with Crippen LogP contribution in [0.3, 0.4) is 0 Å². The zero-order chi connectivity index (χ0) is 19.5. The number of anilines is 1. The molecule has 0 aliphatic carbocycles. The molecule has 8 nitrogen and oxygen atoms in total. The monoisotopic (exact) mass is 399 g/mol. The number of carbonyl (C=O) groups excluding carboxylic acids is 1. The van der Waals surface area contributed by atoms with Crippen molar-refractivity contribution in [2.45, 2.75) is 19.9 Å². The van der Waals surface area contributed by atoms with E-state index in [4.69, 9.17) is 4.74 Å². The highest BCUT2D eigenvalue weighted by molar-refractivity contribution is 7.20. The summed E-state index contributed by atoms with van der Waals surface area (Å²) < 4.78 is 6.81. The van der Waals surface area contributed by atoms with E-state index in [1.807, 2.05) is 24.3 Å². The van der Waals surface area contributed by atoms with Crippen LogP contribution in [0.2, 0.25) is 0 Å². The third-order valence-corrected chi connectivity index (χ3v) is 5.61. The van der Waals surface area contributed by atoms with E-state index < -0.39 is 5.56 Å². The standard InChI is InChI=1S/C19H21N5O3S/c1-2-13-3-5-14(6-4-13)12-20-17(26)15-11-16(25)21-18-24(15)22-19(28-18)23-7-9-27-10-8-23/h3-6,11H,2,7-10,12H2,1H3,(H,20,26). The van der Waals surface area contributed by atoms with Gasteiger partial charge in [-0.3, -0.25) is 9.59 Å². The Morgan fingerprint density at radius 2 is 1.93 bits per heavy atom. The number of ether oxygens (including phenoxy) is 1. The Kier molecular flexibility index (Phi) is 5.36. The molecule has 9 heteroatoms. The third kappa shape index (κ3) is 3.90. The van der Waals surface area contributed by atoms with E-state index in [-0.39, 0.29) is 11.6 Å². The van der Waals surface area contributed by atoms with Gasteiger partial charge in [0.1, 0.15) is 5.69 Å². The first-order valence-corrected chi connectivity index (χ1v) is 10.1. The highest BCUT2D eigenvalue weighted by Gasteiger charge is 2.20. The maximum atomic E-state index is 12.7. The maximum absolute atomic E-state index is 12.7. The summed E-state index contributed by atoms with van der Waals surface area (Å²) in [5.74, 6) is -0.354. The van der Waals surface area contributed by atoms with Crippen LogP contribution < -0.4 is 15.8 Å². The molecule has 3 aromatic rings. The van der Waals surface area contributed by atoms with E-state index in [1.54, 1.807) is 0 Å². The van der Waals surface area contributed by atoms with Gasteiger partial charge in [-0.2, -0.15) is 9.50 Å². The van der Waals surface area contributed by atoms with Crippen LogP contribution in [-0.4, -0.2) is 46.8 Å². The number of carbonyl (C=O) groups is 1. The van der Waals surface area contributed by atoms with Crippen molar-refractivity contribution in [3.63, 3.8) is 0 Å². The Morgan fingerprint density at radius 1 is 1.21 bits per heavy atom. The minimum absolute atomic E-state index is 0.191. The number of fused-ring (bicyclic) bond motifs is 1. The molecule has 1 N–H and O–H groups in total.